The molecule has 0 aliphatic carbocycles. The van der Waals surface area contributed by atoms with Crippen molar-refractivity contribution in [3.63, 3.8) is 0 Å². The van der Waals surface area contributed by atoms with E-state index < -0.39 is 0 Å². The van der Waals surface area contributed by atoms with Crippen LogP contribution >= 0.6 is 35.7 Å². The molecule has 0 aromatic heterocycles. The number of nitrogens with one attached hydrogen (secondary N) is 2. The number of benzene rings is 1. The zero-order chi connectivity index (χ0) is 17.5. The lowest BCUT2D eigenvalue weighted by Gasteiger charge is -2.43. The molecule has 146 valence electrons. The molecule has 1 aromatic rings. The second-order valence-electron chi connectivity index (χ2n) is 6.83. The molecule has 2 saturated heterocycles. The van der Waals surface area contributed by atoms with Gasteiger partial charge in [-0.1, -0.05) is 30.3 Å². The Morgan fingerprint density at radius 2 is 2.04 bits per heavy atom. The topological polar surface area (TPSA) is 48.9 Å². The zero-order valence-corrected chi connectivity index (χ0v) is 18.9. The third-order valence-electron chi connectivity index (χ3n) is 5.23. The summed E-state index contributed by atoms with van der Waals surface area (Å²) in [5.74, 6) is 3.30. The summed E-state index contributed by atoms with van der Waals surface area (Å²) in [6.07, 6.45) is 1.23. The van der Waals surface area contributed by atoms with E-state index in [0.717, 1.165) is 38.8 Å². The van der Waals surface area contributed by atoms with Crippen LogP contribution in [0.2, 0.25) is 0 Å². The third kappa shape index (κ3) is 5.50. The minimum absolute atomic E-state index is 0. The van der Waals surface area contributed by atoms with Gasteiger partial charge in [0, 0.05) is 38.0 Å². The highest BCUT2D eigenvalue weighted by atomic mass is 127. The summed E-state index contributed by atoms with van der Waals surface area (Å²) < 4.78 is 5.55. The number of ether oxygens (including phenoxy) is 1. The maximum Gasteiger partial charge on any atom is 0.191 e. The van der Waals surface area contributed by atoms with Crippen LogP contribution in [0.3, 0.4) is 0 Å². The lowest BCUT2D eigenvalue weighted by atomic mass is 9.95. The maximum absolute atomic E-state index is 5.55. The van der Waals surface area contributed by atoms with Crippen molar-refractivity contribution in [2.45, 2.75) is 24.9 Å². The molecule has 0 bridgehead atoms. The largest absolute Gasteiger partial charge is 0.379 e. The summed E-state index contributed by atoms with van der Waals surface area (Å²) >= 11 is 2.06. The van der Waals surface area contributed by atoms with Crippen molar-refractivity contribution >= 4 is 41.7 Å². The van der Waals surface area contributed by atoms with Crippen LogP contribution in [0.15, 0.2) is 35.3 Å². The lowest BCUT2D eigenvalue weighted by Crippen LogP contribution is -2.60. The number of rotatable bonds is 5. The van der Waals surface area contributed by atoms with Gasteiger partial charge in [-0.25, -0.2) is 0 Å². The Labute approximate surface area is 178 Å². The first-order valence-electron chi connectivity index (χ1n) is 9.16. The van der Waals surface area contributed by atoms with Crippen LogP contribution < -0.4 is 10.6 Å². The minimum Gasteiger partial charge on any atom is -0.379 e. The molecule has 7 heteroatoms. The molecule has 2 N–H and O–H groups in total. The number of halogens is 1. The van der Waals surface area contributed by atoms with Crippen LogP contribution in [-0.2, 0) is 4.74 Å². The van der Waals surface area contributed by atoms with E-state index in [4.69, 9.17) is 4.74 Å². The third-order valence-corrected chi connectivity index (χ3v) is 6.46. The van der Waals surface area contributed by atoms with Gasteiger partial charge in [-0.05, 0) is 24.7 Å². The first-order chi connectivity index (χ1) is 12.2. The fraction of sp³-hybridized carbons (Fsp3) is 0.632. The first-order valence-corrected chi connectivity index (χ1v) is 10.3. The Bertz CT molecular complexity index is 560. The summed E-state index contributed by atoms with van der Waals surface area (Å²) in [6, 6.07) is 10.7. The quantitative estimate of drug-likeness (QED) is 0.378. The number of hydrogen-bond donors (Lipinski definition) is 2. The van der Waals surface area contributed by atoms with E-state index >= 15 is 0 Å². The van der Waals surface area contributed by atoms with Gasteiger partial charge in [0.2, 0.25) is 0 Å². The number of thioether (sulfide) groups is 1. The van der Waals surface area contributed by atoms with Crippen molar-refractivity contribution in [1.82, 2.24) is 15.5 Å². The predicted molar refractivity (Wildman–Crippen MR) is 122 cm³/mol. The minimum atomic E-state index is 0. The van der Waals surface area contributed by atoms with E-state index in [-0.39, 0.29) is 35.6 Å². The van der Waals surface area contributed by atoms with E-state index in [1.807, 2.05) is 13.1 Å². The Morgan fingerprint density at radius 1 is 1.31 bits per heavy atom. The van der Waals surface area contributed by atoms with Crippen LogP contribution in [0.1, 0.15) is 24.9 Å². The molecule has 3 rings (SSSR count). The van der Waals surface area contributed by atoms with E-state index in [9.17, 15) is 0 Å². The van der Waals surface area contributed by atoms with Crippen LogP contribution in [0.5, 0.6) is 0 Å². The van der Waals surface area contributed by atoms with Gasteiger partial charge >= 0.3 is 0 Å². The van der Waals surface area contributed by atoms with Gasteiger partial charge in [0.25, 0.3) is 0 Å². The monoisotopic (exact) mass is 490 g/mol. The molecule has 0 spiro atoms. The Kier molecular flexibility index (Phi) is 8.99. The summed E-state index contributed by atoms with van der Waals surface area (Å²) in [4.78, 5) is 7.06. The molecular formula is C19H31IN4OS. The van der Waals surface area contributed by atoms with Crippen molar-refractivity contribution in [2.75, 3.05) is 51.4 Å². The highest BCUT2D eigenvalue weighted by molar-refractivity contribution is 14.0. The van der Waals surface area contributed by atoms with Gasteiger partial charge in [0.1, 0.15) is 0 Å². The van der Waals surface area contributed by atoms with E-state index in [0.29, 0.717) is 0 Å². The highest BCUT2D eigenvalue weighted by Gasteiger charge is 2.40. The predicted octanol–water partition coefficient (Wildman–Crippen LogP) is 2.74. The molecule has 0 amide bonds. The molecule has 2 heterocycles. The maximum atomic E-state index is 5.55. The number of guanidine groups is 1. The molecule has 0 saturated carbocycles. The van der Waals surface area contributed by atoms with Crippen molar-refractivity contribution in [1.29, 1.82) is 0 Å². The SMILES string of the molecule is CN=C(NCC1(N2CCOCC2)CCSC1)NC(C)c1ccccc1.I. The summed E-state index contributed by atoms with van der Waals surface area (Å²) in [6.45, 7) is 6.88. The summed E-state index contributed by atoms with van der Waals surface area (Å²) in [5, 5.41) is 7.11. The summed E-state index contributed by atoms with van der Waals surface area (Å²) in [5.41, 5.74) is 1.49. The second kappa shape index (κ2) is 10.7. The number of morpholine rings is 1. The van der Waals surface area contributed by atoms with Gasteiger partial charge in [-0.15, -0.1) is 24.0 Å². The number of hydrogen-bond acceptors (Lipinski definition) is 4. The average Bonchev–Trinajstić information content (AvgIpc) is 3.16. The van der Waals surface area contributed by atoms with Crippen LogP contribution in [0.25, 0.3) is 0 Å². The molecule has 0 radical (unpaired) electrons. The molecule has 5 nitrogen and oxygen atoms in total. The fourth-order valence-electron chi connectivity index (χ4n) is 3.61. The van der Waals surface area contributed by atoms with Crippen molar-refractivity contribution in [2.24, 2.45) is 4.99 Å². The fourth-order valence-corrected chi connectivity index (χ4v) is 5.09. The first kappa shape index (κ1) is 21.8. The smallest absolute Gasteiger partial charge is 0.191 e. The Balaban J connectivity index is 0.00000243. The van der Waals surface area contributed by atoms with Crippen molar-refractivity contribution in [3.8, 4) is 0 Å². The molecule has 2 fully saturated rings. The van der Waals surface area contributed by atoms with Crippen LogP contribution in [0.4, 0.5) is 0 Å². The molecule has 2 aliphatic rings. The average molecular weight is 490 g/mol. The van der Waals surface area contributed by atoms with E-state index in [1.165, 1.54) is 23.5 Å². The van der Waals surface area contributed by atoms with E-state index in [2.05, 4.69) is 63.5 Å². The highest BCUT2D eigenvalue weighted by Crippen LogP contribution is 2.33. The second-order valence-corrected chi connectivity index (χ2v) is 7.93. The van der Waals surface area contributed by atoms with Gasteiger partial charge in [-0.3, -0.25) is 9.89 Å². The zero-order valence-electron chi connectivity index (χ0n) is 15.7. The van der Waals surface area contributed by atoms with Crippen molar-refractivity contribution in [3.05, 3.63) is 35.9 Å². The van der Waals surface area contributed by atoms with Gasteiger partial charge in [0.15, 0.2) is 5.96 Å². The molecular weight excluding hydrogens is 459 g/mol. The van der Waals surface area contributed by atoms with Gasteiger partial charge < -0.3 is 15.4 Å². The standard InChI is InChI=1S/C19H30N4OS.HI/c1-16(17-6-4-3-5-7-17)22-18(20-2)21-14-19(8-13-25-15-19)23-9-11-24-12-10-23;/h3-7,16H,8-15H2,1-2H3,(H2,20,21,22);1H. The van der Waals surface area contributed by atoms with Gasteiger partial charge in [-0.2, -0.15) is 11.8 Å². The number of nitrogens with zero attached hydrogens (tertiary/aromatic N) is 2. The lowest BCUT2D eigenvalue weighted by molar-refractivity contribution is -0.0120. The molecule has 2 atom stereocenters. The van der Waals surface area contributed by atoms with Crippen molar-refractivity contribution < 1.29 is 4.74 Å². The summed E-state index contributed by atoms with van der Waals surface area (Å²) in [7, 11) is 1.85. The van der Waals surface area contributed by atoms with Gasteiger partial charge in [0.05, 0.1) is 19.3 Å². The van der Waals surface area contributed by atoms with Crippen LogP contribution in [0, 0.1) is 0 Å². The molecule has 26 heavy (non-hydrogen) atoms. The molecule has 2 aliphatic heterocycles. The number of aliphatic imine (C=N–C) groups is 1. The normalized spacial score (nSPS) is 25.4. The molecule has 2 unspecified atom stereocenters. The van der Waals surface area contributed by atoms with E-state index in [1.54, 1.807) is 0 Å². The van der Waals surface area contributed by atoms with Crippen LogP contribution in [-0.4, -0.2) is 67.8 Å². The Morgan fingerprint density at radius 3 is 2.65 bits per heavy atom. The Hall–Kier alpha value is -0.510. The molecule has 1 aromatic carbocycles.